The molecule has 1 amide bonds. The Morgan fingerprint density at radius 1 is 1.20 bits per heavy atom. The first-order valence-corrected chi connectivity index (χ1v) is 9.82. The molecule has 0 spiro atoms. The maximum Gasteiger partial charge on any atom is 0.234 e. The summed E-state index contributed by atoms with van der Waals surface area (Å²) in [5.74, 6) is 0.361. The maximum atomic E-state index is 14.2. The highest BCUT2D eigenvalue weighted by Gasteiger charge is 2.19. The van der Waals surface area contributed by atoms with Crippen LogP contribution in [0.2, 0.25) is 5.02 Å². The number of nitrogens with zero attached hydrogens (tertiary/aromatic N) is 1. The molecule has 6 heteroatoms. The second-order valence-corrected chi connectivity index (χ2v) is 7.42. The number of rotatable bonds is 6. The Bertz CT molecular complexity index is 750. The molecule has 3 rings (SSSR count). The van der Waals surface area contributed by atoms with Crippen LogP contribution in [0.1, 0.15) is 18.4 Å². The standard InChI is InChI=1S/C19H20ClFN2OS/c20-15-6-3-5-14(11-15)12-25-13-18(24)22-19-16(21)7-4-8-17(19)23-9-1-2-10-23/h3-8,11H,1-2,9-10,12-13H2,(H,22,24). The molecule has 1 N–H and O–H groups in total. The third-order valence-corrected chi connectivity index (χ3v) is 5.33. The molecule has 1 fully saturated rings. The Morgan fingerprint density at radius 3 is 2.72 bits per heavy atom. The molecular formula is C19H20ClFN2OS. The predicted octanol–water partition coefficient (Wildman–Crippen LogP) is 4.95. The minimum Gasteiger partial charge on any atom is -0.370 e. The third kappa shape index (κ3) is 4.89. The lowest BCUT2D eigenvalue weighted by atomic mass is 10.2. The van der Waals surface area contributed by atoms with Crippen LogP contribution in [0.5, 0.6) is 0 Å². The van der Waals surface area contributed by atoms with Gasteiger partial charge < -0.3 is 10.2 Å². The summed E-state index contributed by atoms with van der Waals surface area (Å²) in [5.41, 5.74) is 2.12. The summed E-state index contributed by atoms with van der Waals surface area (Å²) in [6.07, 6.45) is 2.19. The van der Waals surface area contributed by atoms with Gasteiger partial charge in [-0.3, -0.25) is 4.79 Å². The molecule has 1 aliphatic heterocycles. The lowest BCUT2D eigenvalue weighted by Crippen LogP contribution is -2.22. The average Bonchev–Trinajstić information content (AvgIpc) is 3.11. The van der Waals surface area contributed by atoms with E-state index in [0.29, 0.717) is 10.8 Å². The van der Waals surface area contributed by atoms with Crippen LogP contribution in [0, 0.1) is 5.82 Å². The fraction of sp³-hybridized carbons (Fsp3) is 0.316. The Kier molecular flexibility index (Phi) is 6.21. The Labute approximate surface area is 156 Å². The van der Waals surface area contributed by atoms with Gasteiger partial charge in [0, 0.05) is 23.9 Å². The molecule has 1 saturated heterocycles. The van der Waals surface area contributed by atoms with E-state index < -0.39 is 5.82 Å². The summed E-state index contributed by atoms with van der Waals surface area (Å²) >= 11 is 7.44. The van der Waals surface area contributed by atoms with Crippen molar-refractivity contribution in [2.24, 2.45) is 0 Å². The summed E-state index contributed by atoms with van der Waals surface area (Å²) in [6, 6.07) is 12.5. The molecule has 132 valence electrons. The van der Waals surface area contributed by atoms with Crippen molar-refractivity contribution in [3.8, 4) is 0 Å². The van der Waals surface area contributed by atoms with E-state index in [4.69, 9.17) is 11.6 Å². The van der Waals surface area contributed by atoms with Gasteiger partial charge in [-0.2, -0.15) is 0 Å². The van der Waals surface area contributed by atoms with E-state index in [-0.39, 0.29) is 17.3 Å². The van der Waals surface area contributed by atoms with Crippen LogP contribution in [0.4, 0.5) is 15.8 Å². The highest BCUT2D eigenvalue weighted by molar-refractivity contribution is 7.99. The molecule has 1 aliphatic rings. The molecule has 25 heavy (non-hydrogen) atoms. The van der Waals surface area contributed by atoms with E-state index in [1.807, 2.05) is 30.3 Å². The van der Waals surface area contributed by atoms with Gasteiger partial charge in [0.2, 0.25) is 5.91 Å². The van der Waals surface area contributed by atoms with E-state index in [0.717, 1.165) is 37.2 Å². The highest BCUT2D eigenvalue weighted by atomic mass is 35.5. The SMILES string of the molecule is O=C(CSCc1cccc(Cl)c1)Nc1c(F)cccc1N1CCCC1. The second kappa shape index (κ2) is 8.59. The van der Waals surface area contributed by atoms with E-state index in [1.165, 1.54) is 17.8 Å². The first-order chi connectivity index (χ1) is 12.1. The summed E-state index contributed by atoms with van der Waals surface area (Å²) in [5, 5.41) is 3.44. The van der Waals surface area contributed by atoms with E-state index >= 15 is 0 Å². The molecule has 3 nitrogen and oxygen atoms in total. The Balaban J connectivity index is 1.59. The van der Waals surface area contributed by atoms with Crippen molar-refractivity contribution in [2.45, 2.75) is 18.6 Å². The zero-order chi connectivity index (χ0) is 17.6. The quantitative estimate of drug-likeness (QED) is 0.771. The molecule has 2 aromatic carbocycles. The van der Waals surface area contributed by atoms with Crippen LogP contribution in [0.3, 0.4) is 0 Å². The lowest BCUT2D eigenvalue weighted by molar-refractivity contribution is -0.113. The summed E-state index contributed by atoms with van der Waals surface area (Å²) < 4.78 is 14.2. The molecule has 0 bridgehead atoms. The first-order valence-electron chi connectivity index (χ1n) is 8.29. The van der Waals surface area contributed by atoms with Crippen molar-refractivity contribution < 1.29 is 9.18 Å². The molecule has 2 aromatic rings. The van der Waals surface area contributed by atoms with Gasteiger partial charge >= 0.3 is 0 Å². The highest BCUT2D eigenvalue weighted by Crippen LogP contribution is 2.31. The van der Waals surface area contributed by atoms with Crippen LogP contribution in [0.25, 0.3) is 0 Å². The van der Waals surface area contributed by atoms with Gasteiger partial charge in [0.1, 0.15) is 11.5 Å². The number of nitrogens with one attached hydrogen (secondary N) is 1. The van der Waals surface area contributed by atoms with Crippen LogP contribution < -0.4 is 10.2 Å². The number of hydrogen-bond acceptors (Lipinski definition) is 3. The maximum absolute atomic E-state index is 14.2. The van der Waals surface area contributed by atoms with Crippen molar-refractivity contribution in [3.05, 3.63) is 58.9 Å². The van der Waals surface area contributed by atoms with Crippen LogP contribution in [-0.2, 0) is 10.5 Å². The number of halogens is 2. The zero-order valence-corrected chi connectivity index (χ0v) is 15.4. The monoisotopic (exact) mass is 378 g/mol. The second-order valence-electron chi connectivity index (χ2n) is 6.00. The van der Waals surface area contributed by atoms with Gasteiger partial charge in [-0.25, -0.2) is 4.39 Å². The largest absolute Gasteiger partial charge is 0.370 e. The van der Waals surface area contributed by atoms with Gasteiger partial charge in [-0.1, -0.05) is 29.8 Å². The van der Waals surface area contributed by atoms with Crippen LogP contribution >= 0.6 is 23.4 Å². The average molecular weight is 379 g/mol. The molecule has 0 aromatic heterocycles. The topological polar surface area (TPSA) is 32.3 Å². The van der Waals surface area contributed by atoms with Gasteiger partial charge in [0.15, 0.2) is 0 Å². The number of amides is 1. The molecule has 0 radical (unpaired) electrons. The van der Waals surface area contributed by atoms with Gasteiger partial charge in [-0.15, -0.1) is 11.8 Å². The molecule has 0 aliphatic carbocycles. The lowest BCUT2D eigenvalue weighted by Gasteiger charge is -2.22. The zero-order valence-electron chi connectivity index (χ0n) is 13.8. The molecule has 0 unspecified atom stereocenters. The van der Waals surface area contributed by atoms with Gasteiger partial charge in [0.05, 0.1) is 11.4 Å². The third-order valence-electron chi connectivity index (χ3n) is 4.09. The Hall–Kier alpha value is -1.72. The minimum absolute atomic E-state index is 0.197. The predicted molar refractivity (Wildman–Crippen MR) is 104 cm³/mol. The number of hydrogen-bond donors (Lipinski definition) is 1. The first kappa shape index (κ1) is 18.1. The van der Waals surface area contributed by atoms with Crippen molar-refractivity contribution in [1.29, 1.82) is 0 Å². The smallest absolute Gasteiger partial charge is 0.234 e. The molecular weight excluding hydrogens is 359 g/mol. The number of benzene rings is 2. The van der Waals surface area contributed by atoms with Crippen molar-refractivity contribution >= 4 is 40.6 Å². The van der Waals surface area contributed by atoms with Crippen molar-refractivity contribution in [2.75, 3.05) is 29.1 Å². The van der Waals surface area contributed by atoms with Gasteiger partial charge in [0.25, 0.3) is 0 Å². The van der Waals surface area contributed by atoms with Crippen molar-refractivity contribution in [3.63, 3.8) is 0 Å². The Morgan fingerprint density at radius 2 is 1.96 bits per heavy atom. The van der Waals surface area contributed by atoms with E-state index in [9.17, 15) is 9.18 Å². The minimum atomic E-state index is -0.391. The van der Waals surface area contributed by atoms with E-state index in [1.54, 1.807) is 6.07 Å². The number of anilines is 2. The van der Waals surface area contributed by atoms with E-state index in [2.05, 4.69) is 10.2 Å². The summed E-state index contributed by atoms with van der Waals surface area (Å²) in [7, 11) is 0. The fourth-order valence-corrected chi connectivity index (χ4v) is 3.91. The molecule has 1 heterocycles. The van der Waals surface area contributed by atoms with Crippen molar-refractivity contribution in [1.82, 2.24) is 0 Å². The summed E-state index contributed by atoms with van der Waals surface area (Å²) in [6.45, 7) is 1.80. The summed E-state index contributed by atoms with van der Waals surface area (Å²) in [4.78, 5) is 14.4. The fourth-order valence-electron chi connectivity index (χ4n) is 2.92. The van der Waals surface area contributed by atoms with Crippen LogP contribution in [-0.4, -0.2) is 24.7 Å². The number of carbonyl (C=O) groups excluding carboxylic acids is 1. The van der Waals surface area contributed by atoms with Crippen LogP contribution in [0.15, 0.2) is 42.5 Å². The number of carbonyl (C=O) groups is 1. The molecule has 0 saturated carbocycles. The normalized spacial score (nSPS) is 13.9. The van der Waals surface area contributed by atoms with Gasteiger partial charge in [-0.05, 0) is 42.7 Å². The molecule has 0 atom stereocenters. The number of thioether (sulfide) groups is 1. The number of para-hydroxylation sites is 1.